The molecule has 1 aliphatic rings. The van der Waals surface area contributed by atoms with Gasteiger partial charge >= 0.3 is 0 Å². The first-order valence-corrected chi connectivity index (χ1v) is 11.2. The van der Waals surface area contributed by atoms with Crippen molar-refractivity contribution in [2.24, 2.45) is 0 Å². The molecule has 9 heteroatoms. The zero-order valence-corrected chi connectivity index (χ0v) is 19.2. The standard InChI is InChI=1S/C26H25N5O4/c1-17-23(14-28-35-17)24(32)22(13-27)26(34)29-20-9-7-19(8-10-20)25(33)30-21-11-12-31(16-21)15-18-5-3-2-4-6-18/h2-10,14,21,32H,11-12,15-16H2,1H3,(H,29,34)(H,30,33)/b24-22-/t21-/m0/s1. The number of aliphatic hydroxyl groups excluding tert-OH is 1. The summed E-state index contributed by atoms with van der Waals surface area (Å²) < 4.78 is 4.87. The molecule has 0 aliphatic carbocycles. The van der Waals surface area contributed by atoms with Gasteiger partial charge in [0.05, 0.1) is 11.8 Å². The van der Waals surface area contributed by atoms with Crippen molar-refractivity contribution < 1.29 is 19.2 Å². The van der Waals surface area contributed by atoms with Crippen LogP contribution in [0.25, 0.3) is 5.76 Å². The summed E-state index contributed by atoms with van der Waals surface area (Å²) in [5.74, 6) is -1.21. The smallest absolute Gasteiger partial charge is 0.270 e. The molecule has 0 bridgehead atoms. The van der Waals surface area contributed by atoms with Crippen molar-refractivity contribution in [1.29, 1.82) is 5.26 Å². The van der Waals surface area contributed by atoms with Crippen LogP contribution in [0.5, 0.6) is 0 Å². The molecule has 1 atom stereocenters. The van der Waals surface area contributed by atoms with Crippen LogP contribution in [0.1, 0.15) is 33.7 Å². The fraction of sp³-hybridized carbons (Fsp3) is 0.231. The maximum absolute atomic E-state index is 12.7. The number of hydrogen-bond donors (Lipinski definition) is 3. The first kappa shape index (κ1) is 23.7. The lowest BCUT2D eigenvalue weighted by molar-refractivity contribution is -0.112. The Labute approximate surface area is 202 Å². The summed E-state index contributed by atoms with van der Waals surface area (Å²) in [7, 11) is 0. The minimum Gasteiger partial charge on any atom is -0.506 e. The second-order valence-electron chi connectivity index (χ2n) is 8.34. The molecule has 1 fully saturated rings. The van der Waals surface area contributed by atoms with E-state index in [4.69, 9.17) is 4.52 Å². The van der Waals surface area contributed by atoms with Crippen LogP contribution in [0.4, 0.5) is 5.69 Å². The van der Waals surface area contributed by atoms with Crippen molar-refractivity contribution in [3.05, 3.63) is 88.8 Å². The first-order chi connectivity index (χ1) is 16.9. The Morgan fingerprint density at radius 1 is 1.20 bits per heavy atom. The Hall–Kier alpha value is -4.42. The van der Waals surface area contributed by atoms with Crippen LogP contribution in [-0.4, -0.2) is 46.1 Å². The van der Waals surface area contributed by atoms with Crippen LogP contribution in [0.15, 0.2) is 70.9 Å². The van der Waals surface area contributed by atoms with Crippen molar-refractivity contribution in [1.82, 2.24) is 15.4 Å². The van der Waals surface area contributed by atoms with E-state index in [1.165, 1.54) is 11.8 Å². The first-order valence-electron chi connectivity index (χ1n) is 11.2. The Bertz CT molecular complexity index is 1280. The molecule has 1 saturated heterocycles. The minimum absolute atomic E-state index is 0.0674. The van der Waals surface area contributed by atoms with Gasteiger partial charge in [0.15, 0.2) is 11.3 Å². The molecule has 178 valence electrons. The van der Waals surface area contributed by atoms with Crippen LogP contribution < -0.4 is 10.6 Å². The summed E-state index contributed by atoms with van der Waals surface area (Å²) in [6, 6.07) is 18.3. The monoisotopic (exact) mass is 471 g/mol. The molecular weight excluding hydrogens is 446 g/mol. The van der Waals surface area contributed by atoms with Gasteiger partial charge in [-0.05, 0) is 43.2 Å². The van der Waals surface area contributed by atoms with Gasteiger partial charge in [0.2, 0.25) is 0 Å². The zero-order valence-electron chi connectivity index (χ0n) is 19.2. The maximum atomic E-state index is 12.7. The number of aryl methyl sites for hydroxylation is 1. The number of benzene rings is 2. The molecule has 2 heterocycles. The molecule has 1 aromatic heterocycles. The summed E-state index contributed by atoms with van der Waals surface area (Å²) in [4.78, 5) is 27.5. The average molecular weight is 472 g/mol. The zero-order chi connectivity index (χ0) is 24.8. The summed E-state index contributed by atoms with van der Waals surface area (Å²) in [5, 5.41) is 28.8. The van der Waals surface area contributed by atoms with Crippen molar-refractivity contribution in [3.63, 3.8) is 0 Å². The molecule has 1 aliphatic heterocycles. The third-order valence-electron chi connectivity index (χ3n) is 5.84. The van der Waals surface area contributed by atoms with E-state index in [0.29, 0.717) is 11.3 Å². The second kappa shape index (κ2) is 10.7. The molecule has 2 amide bonds. The van der Waals surface area contributed by atoms with Gasteiger partial charge in [0.1, 0.15) is 11.8 Å². The van der Waals surface area contributed by atoms with Gasteiger partial charge in [0.25, 0.3) is 11.8 Å². The molecular formula is C26H25N5O4. The lowest BCUT2D eigenvalue weighted by Gasteiger charge is -2.17. The van der Waals surface area contributed by atoms with E-state index in [9.17, 15) is 20.0 Å². The number of rotatable bonds is 7. The predicted octanol–water partition coefficient (Wildman–Crippen LogP) is 3.42. The van der Waals surface area contributed by atoms with Gasteiger partial charge in [-0.15, -0.1) is 0 Å². The number of amides is 2. The maximum Gasteiger partial charge on any atom is 0.270 e. The third kappa shape index (κ3) is 5.75. The highest BCUT2D eigenvalue weighted by Crippen LogP contribution is 2.21. The number of nitriles is 1. The lowest BCUT2D eigenvalue weighted by atomic mass is 10.1. The number of hydrogen-bond acceptors (Lipinski definition) is 7. The Morgan fingerprint density at radius 3 is 2.60 bits per heavy atom. The van der Waals surface area contributed by atoms with Crippen molar-refractivity contribution >= 4 is 23.3 Å². The van der Waals surface area contributed by atoms with Crippen LogP contribution in [0.2, 0.25) is 0 Å². The Balaban J connectivity index is 1.33. The van der Waals surface area contributed by atoms with Crippen LogP contribution in [0.3, 0.4) is 0 Å². The van der Waals surface area contributed by atoms with Gasteiger partial charge in [0, 0.05) is 36.9 Å². The van der Waals surface area contributed by atoms with E-state index in [0.717, 1.165) is 26.1 Å². The van der Waals surface area contributed by atoms with E-state index in [1.807, 2.05) is 18.2 Å². The van der Waals surface area contributed by atoms with E-state index >= 15 is 0 Å². The number of carbonyl (C=O) groups is 2. The van der Waals surface area contributed by atoms with Gasteiger partial charge in [-0.2, -0.15) is 5.26 Å². The van der Waals surface area contributed by atoms with E-state index in [-0.39, 0.29) is 23.3 Å². The van der Waals surface area contributed by atoms with E-state index < -0.39 is 17.2 Å². The highest BCUT2D eigenvalue weighted by molar-refractivity contribution is 6.11. The summed E-state index contributed by atoms with van der Waals surface area (Å²) in [6.07, 6.45) is 2.11. The minimum atomic E-state index is -0.785. The SMILES string of the molecule is Cc1oncc1/C(O)=C(\C#N)C(=O)Nc1ccc(C(=O)N[C@H]2CCN(Cc3ccccc3)C2)cc1. The quantitative estimate of drug-likeness (QED) is 0.273. The van der Waals surface area contributed by atoms with E-state index in [2.05, 4.69) is 32.8 Å². The molecule has 0 spiro atoms. The summed E-state index contributed by atoms with van der Waals surface area (Å²) in [6.45, 7) is 4.11. The molecule has 4 rings (SSSR count). The molecule has 0 radical (unpaired) electrons. The molecule has 35 heavy (non-hydrogen) atoms. The second-order valence-corrected chi connectivity index (χ2v) is 8.34. The van der Waals surface area contributed by atoms with Crippen molar-refractivity contribution in [2.45, 2.75) is 25.9 Å². The largest absolute Gasteiger partial charge is 0.506 e. The van der Waals surface area contributed by atoms with Gasteiger partial charge in [-0.3, -0.25) is 14.5 Å². The fourth-order valence-corrected chi connectivity index (χ4v) is 3.97. The highest BCUT2D eigenvalue weighted by atomic mass is 16.5. The average Bonchev–Trinajstić information content (AvgIpc) is 3.49. The molecule has 3 N–H and O–H groups in total. The van der Waals surface area contributed by atoms with Gasteiger partial charge in [-0.1, -0.05) is 35.5 Å². The number of likely N-dealkylation sites (tertiary alicyclic amines) is 1. The number of aliphatic hydroxyl groups is 1. The molecule has 2 aromatic carbocycles. The van der Waals surface area contributed by atoms with Crippen LogP contribution in [0, 0.1) is 18.3 Å². The molecule has 9 nitrogen and oxygen atoms in total. The number of nitrogens with one attached hydrogen (secondary N) is 2. The number of carbonyl (C=O) groups excluding carboxylic acids is 2. The summed E-state index contributed by atoms with van der Waals surface area (Å²) >= 11 is 0. The Morgan fingerprint density at radius 2 is 1.94 bits per heavy atom. The molecule has 3 aromatic rings. The summed E-state index contributed by atoms with van der Waals surface area (Å²) in [5.41, 5.74) is 1.78. The topological polar surface area (TPSA) is 131 Å². The van der Waals surface area contributed by atoms with Crippen molar-refractivity contribution in [3.8, 4) is 6.07 Å². The van der Waals surface area contributed by atoms with Crippen LogP contribution in [-0.2, 0) is 11.3 Å². The van der Waals surface area contributed by atoms with Gasteiger partial charge in [-0.25, -0.2) is 0 Å². The molecule has 0 unspecified atom stereocenters. The number of anilines is 1. The lowest BCUT2D eigenvalue weighted by Crippen LogP contribution is -2.37. The normalized spacial score (nSPS) is 16.3. The third-order valence-corrected chi connectivity index (χ3v) is 5.84. The van der Waals surface area contributed by atoms with Gasteiger partial charge < -0.3 is 20.3 Å². The highest BCUT2D eigenvalue weighted by Gasteiger charge is 2.24. The van der Waals surface area contributed by atoms with Crippen LogP contribution >= 0.6 is 0 Å². The Kier molecular flexibility index (Phi) is 7.24. The van der Waals surface area contributed by atoms with E-state index in [1.54, 1.807) is 37.3 Å². The number of aromatic nitrogens is 1. The predicted molar refractivity (Wildman–Crippen MR) is 129 cm³/mol. The number of nitrogens with zero attached hydrogens (tertiary/aromatic N) is 3. The molecule has 0 saturated carbocycles. The van der Waals surface area contributed by atoms with Crippen molar-refractivity contribution in [2.75, 3.05) is 18.4 Å². The fourth-order valence-electron chi connectivity index (χ4n) is 3.97.